The van der Waals surface area contributed by atoms with Gasteiger partial charge in [0.1, 0.15) is 5.75 Å². The summed E-state index contributed by atoms with van der Waals surface area (Å²) in [6.45, 7) is 4.51. The summed E-state index contributed by atoms with van der Waals surface area (Å²) in [5.41, 5.74) is 3.96. The molecule has 4 rings (SSSR count). The third kappa shape index (κ3) is 6.21. The summed E-state index contributed by atoms with van der Waals surface area (Å²) in [7, 11) is 1.63. The smallest absolute Gasteiger partial charge is 0.319 e. The number of nitrogens with zero attached hydrogens (tertiary/aromatic N) is 3. The first-order valence-corrected chi connectivity index (χ1v) is 11.3. The number of aromatic nitrogens is 2. The van der Waals surface area contributed by atoms with E-state index in [2.05, 4.69) is 38.5 Å². The number of nitrogens with one attached hydrogen (secondary N) is 2. The van der Waals surface area contributed by atoms with Crippen LogP contribution in [0.4, 0.5) is 10.5 Å². The fraction of sp³-hybridized carbons (Fsp3) is 0.320. The molecule has 2 N–H and O–H groups in total. The molecule has 1 aliphatic rings. The first kappa shape index (κ1) is 23.0. The van der Waals surface area contributed by atoms with Crippen molar-refractivity contribution in [3.05, 3.63) is 82.9 Å². The third-order valence-electron chi connectivity index (χ3n) is 5.83. The van der Waals surface area contributed by atoms with E-state index >= 15 is 0 Å². The third-order valence-corrected chi connectivity index (χ3v) is 6.08. The van der Waals surface area contributed by atoms with Crippen LogP contribution in [0, 0.1) is 6.92 Å². The van der Waals surface area contributed by atoms with Gasteiger partial charge in [0.15, 0.2) is 0 Å². The average molecular weight is 466 g/mol. The number of anilines is 1. The molecular formula is C25H28ClN5O2. The van der Waals surface area contributed by atoms with Crippen molar-refractivity contribution in [1.29, 1.82) is 0 Å². The molecule has 0 aliphatic carbocycles. The van der Waals surface area contributed by atoms with Crippen molar-refractivity contribution in [3.8, 4) is 5.75 Å². The predicted octanol–water partition coefficient (Wildman–Crippen LogP) is 4.63. The van der Waals surface area contributed by atoms with Crippen molar-refractivity contribution in [2.24, 2.45) is 0 Å². The molecule has 1 fully saturated rings. The van der Waals surface area contributed by atoms with E-state index in [9.17, 15) is 4.79 Å². The minimum atomic E-state index is -0.239. The van der Waals surface area contributed by atoms with Crippen LogP contribution in [-0.4, -0.2) is 47.1 Å². The number of urea groups is 1. The van der Waals surface area contributed by atoms with Crippen LogP contribution < -0.4 is 15.4 Å². The Morgan fingerprint density at radius 3 is 2.70 bits per heavy atom. The summed E-state index contributed by atoms with van der Waals surface area (Å²) < 4.78 is 5.27. The Hall–Kier alpha value is -3.16. The minimum absolute atomic E-state index is 0.0402. The quantitative estimate of drug-likeness (QED) is 0.555. The van der Waals surface area contributed by atoms with E-state index in [0.717, 1.165) is 37.3 Å². The molecule has 0 bridgehead atoms. The first-order chi connectivity index (χ1) is 16.0. The van der Waals surface area contributed by atoms with Gasteiger partial charge in [0, 0.05) is 60.4 Å². The zero-order chi connectivity index (χ0) is 23.2. The second-order valence-corrected chi connectivity index (χ2v) is 8.77. The lowest BCUT2D eigenvalue weighted by Gasteiger charge is -2.38. The number of ether oxygens (including phenoxy) is 1. The van der Waals surface area contributed by atoms with E-state index in [-0.39, 0.29) is 18.0 Å². The molecule has 0 spiro atoms. The number of amides is 2. The number of hydrogen-bond donors (Lipinski definition) is 2. The highest BCUT2D eigenvalue weighted by atomic mass is 35.5. The number of hydrogen-bond acceptors (Lipinski definition) is 5. The number of carbonyl (C=O) groups is 1. The lowest BCUT2D eigenvalue weighted by Crippen LogP contribution is -2.50. The zero-order valence-corrected chi connectivity index (χ0v) is 19.5. The molecule has 3 aromatic rings. The van der Waals surface area contributed by atoms with Crippen LogP contribution in [0.2, 0.25) is 5.02 Å². The van der Waals surface area contributed by atoms with Gasteiger partial charge in [-0.3, -0.25) is 14.9 Å². The van der Waals surface area contributed by atoms with E-state index in [0.29, 0.717) is 16.5 Å². The van der Waals surface area contributed by atoms with E-state index in [4.69, 9.17) is 16.3 Å². The number of rotatable bonds is 6. The predicted molar refractivity (Wildman–Crippen MR) is 130 cm³/mol. The topological polar surface area (TPSA) is 79.4 Å². The number of piperidine rings is 1. The Labute approximate surface area is 199 Å². The fourth-order valence-corrected chi connectivity index (χ4v) is 4.32. The molecule has 2 atom stereocenters. The van der Waals surface area contributed by atoms with Crippen LogP contribution in [0.1, 0.15) is 29.2 Å². The highest BCUT2D eigenvalue weighted by Gasteiger charge is 2.32. The number of aryl methyl sites for hydroxylation is 1. The second-order valence-electron chi connectivity index (χ2n) is 8.34. The number of carbonyl (C=O) groups excluding carboxylic acids is 1. The maximum atomic E-state index is 12.7. The summed E-state index contributed by atoms with van der Waals surface area (Å²) in [4.78, 5) is 24.1. The fourth-order valence-electron chi connectivity index (χ4n) is 4.20. The van der Waals surface area contributed by atoms with Crippen molar-refractivity contribution in [1.82, 2.24) is 20.2 Å². The molecule has 8 heteroatoms. The van der Waals surface area contributed by atoms with Gasteiger partial charge in [0.2, 0.25) is 0 Å². The molecule has 2 aromatic heterocycles. The van der Waals surface area contributed by atoms with E-state index < -0.39 is 0 Å². The molecule has 1 aromatic carbocycles. The molecular weight excluding hydrogens is 438 g/mol. The lowest BCUT2D eigenvalue weighted by atomic mass is 9.88. The Balaban J connectivity index is 1.48. The van der Waals surface area contributed by atoms with Crippen LogP contribution >= 0.6 is 11.6 Å². The molecule has 0 radical (unpaired) electrons. The van der Waals surface area contributed by atoms with Gasteiger partial charge in [0.05, 0.1) is 13.3 Å². The minimum Gasteiger partial charge on any atom is -0.495 e. The van der Waals surface area contributed by atoms with Gasteiger partial charge in [-0.05, 0) is 60.9 Å². The largest absolute Gasteiger partial charge is 0.495 e. The molecule has 2 amide bonds. The van der Waals surface area contributed by atoms with Gasteiger partial charge in [-0.25, -0.2) is 4.79 Å². The summed E-state index contributed by atoms with van der Waals surface area (Å²) >= 11 is 5.94. The van der Waals surface area contributed by atoms with Gasteiger partial charge in [-0.15, -0.1) is 0 Å². The number of likely N-dealkylation sites (tertiary alicyclic amines) is 1. The average Bonchev–Trinajstić information content (AvgIpc) is 2.82. The summed E-state index contributed by atoms with van der Waals surface area (Å²) in [5.74, 6) is 0.751. The van der Waals surface area contributed by atoms with Crippen molar-refractivity contribution in [2.45, 2.75) is 31.8 Å². The Kier molecular flexibility index (Phi) is 7.42. The van der Waals surface area contributed by atoms with Crippen LogP contribution in [0.3, 0.4) is 0 Å². The van der Waals surface area contributed by atoms with Crippen LogP contribution in [-0.2, 0) is 6.54 Å². The molecule has 1 aliphatic heterocycles. The Bertz CT molecular complexity index is 1070. The lowest BCUT2D eigenvalue weighted by molar-refractivity contribution is 0.166. The highest BCUT2D eigenvalue weighted by molar-refractivity contribution is 6.30. The Morgan fingerprint density at radius 1 is 1.18 bits per heavy atom. The summed E-state index contributed by atoms with van der Waals surface area (Å²) in [6, 6.07) is 12.8. The van der Waals surface area contributed by atoms with E-state index in [1.807, 2.05) is 24.5 Å². The maximum Gasteiger partial charge on any atom is 0.319 e. The number of pyridine rings is 2. The second kappa shape index (κ2) is 10.6. The van der Waals surface area contributed by atoms with Crippen LogP contribution in [0.5, 0.6) is 5.75 Å². The molecule has 1 saturated heterocycles. The molecule has 7 nitrogen and oxygen atoms in total. The van der Waals surface area contributed by atoms with Gasteiger partial charge in [0.25, 0.3) is 0 Å². The molecule has 0 saturated carbocycles. The van der Waals surface area contributed by atoms with Gasteiger partial charge >= 0.3 is 6.03 Å². The standard InChI is InChI=1S/C25H28ClN5O2/c1-17-11-18(13-27-12-17)15-31-10-9-24(22(16-31)23-8-7-21(33-2)14-28-23)30-25(32)29-20-5-3-19(26)4-6-20/h3-8,11-14,22,24H,9-10,15-16H2,1-2H3,(H2,29,30,32). The monoisotopic (exact) mass is 465 g/mol. The normalized spacial score (nSPS) is 18.5. The highest BCUT2D eigenvalue weighted by Crippen LogP contribution is 2.28. The van der Waals surface area contributed by atoms with Gasteiger partial charge in [-0.2, -0.15) is 0 Å². The maximum absolute atomic E-state index is 12.7. The van der Waals surface area contributed by atoms with E-state index in [1.165, 1.54) is 5.56 Å². The van der Waals surface area contributed by atoms with Gasteiger partial charge < -0.3 is 15.4 Å². The molecule has 2 unspecified atom stereocenters. The zero-order valence-electron chi connectivity index (χ0n) is 18.8. The van der Waals surface area contributed by atoms with E-state index in [1.54, 1.807) is 37.6 Å². The molecule has 3 heterocycles. The van der Waals surface area contributed by atoms with Crippen LogP contribution in [0.25, 0.3) is 0 Å². The van der Waals surface area contributed by atoms with Crippen molar-refractivity contribution < 1.29 is 9.53 Å². The van der Waals surface area contributed by atoms with Gasteiger partial charge in [-0.1, -0.05) is 17.7 Å². The summed E-state index contributed by atoms with van der Waals surface area (Å²) in [6.07, 6.45) is 6.32. The van der Waals surface area contributed by atoms with Crippen molar-refractivity contribution >= 4 is 23.3 Å². The molecule has 33 heavy (non-hydrogen) atoms. The van der Waals surface area contributed by atoms with Crippen LogP contribution in [0.15, 0.2) is 61.1 Å². The van der Waals surface area contributed by atoms with Crippen molar-refractivity contribution in [3.63, 3.8) is 0 Å². The number of methoxy groups -OCH3 is 1. The first-order valence-electron chi connectivity index (χ1n) is 11.0. The number of halogens is 1. The Morgan fingerprint density at radius 2 is 2.00 bits per heavy atom. The number of benzene rings is 1. The van der Waals surface area contributed by atoms with Crippen molar-refractivity contribution in [2.75, 3.05) is 25.5 Å². The summed E-state index contributed by atoms with van der Waals surface area (Å²) in [5, 5.41) is 6.68. The molecule has 172 valence electrons. The SMILES string of the molecule is COc1ccc(C2CN(Cc3cncc(C)c3)CCC2NC(=O)Nc2ccc(Cl)cc2)nc1.